The van der Waals surface area contributed by atoms with E-state index in [1.54, 1.807) is 5.57 Å². The number of piperidine rings is 1. The van der Waals surface area contributed by atoms with Crippen LogP contribution in [0.5, 0.6) is 0 Å². The zero-order chi connectivity index (χ0) is 6.81. The molecule has 1 nitrogen and oxygen atoms in total. The standard InChI is InChI=1S/C9H13N.CH4/c1-2-6-9-8(4-1)5-3-7-10-9;/h4,6,10H,1-3,5,7H2;1H4. The first kappa shape index (κ1) is 8.38. The minimum absolute atomic E-state index is 0. The van der Waals surface area contributed by atoms with Crippen LogP contribution in [-0.2, 0) is 0 Å². The monoisotopic (exact) mass is 151 g/mol. The molecule has 2 aliphatic rings. The lowest BCUT2D eigenvalue weighted by Crippen LogP contribution is -2.22. The Kier molecular flexibility index (Phi) is 2.75. The quantitative estimate of drug-likeness (QED) is 0.561. The molecule has 1 heteroatoms. The smallest absolute Gasteiger partial charge is 0.0329 e. The maximum Gasteiger partial charge on any atom is 0.0329 e. The topological polar surface area (TPSA) is 12.0 Å². The Balaban J connectivity index is 0.000000605. The fourth-order valence-corrected chi connectivity index (χ4v) is 1.65. The minimum atomic E-state index is 0. The van der Waals surface area contributed by atoms with Crippen molar-refractivity contribution >= 4 is 0 Å². The van der Waals surface area contributed by atoms with Gasteiger partial charge in [0.2, 0.25) is 0 Å². The van der Waals surface area contributed by atoms with E-state index in [0.717, 1.165) is 0 Å². The largest absolute Gasteiger partial charge is 0.385 e. The maximum atomic E-state index is 3.41. The SMILES string of the molecule is C.C1=C2CCCNC2=CCC1. The van der Waals surface area contributed by atoms with Crippen LogP contribution < -0.4 is 5.32 Å². The molecule has 11 heavy (non-hydrogen) atoms. The van der Waals surface area contributed by atoms with Crippen LogP contribution >= 0.6 is 0 Å². The first-order chi connectivity index (χ1) is 4.97. The molecule has 0 aromatic carbocycles. The Morgan fingerprint density at radius 2 is 2.00 bits per heavy atom. The van der Waals surface area contributed by atoms with Gasteiger partial charge in [0, 0.05) is 12.2 Å². The van der Waals surface area contributed by atoms with Gasteiger partial charge in [0.15, 0.2) is 0 Å². The number of fused-ring (bicyclic) bond motifs is 1. The van der Waals surface area contributed by atoms with Crippen LogP contribution in [0, 0.1) is 0 Å². The molecule has 0 aromatic heterocycles. The molecule has 62 valence electrons. The molecule has 0 aromatic rings. The molecule has 1 N–H and O–H groups in total. The van der Waals surface area contributed by atoms with E-state index in [4.69, 9.17) is 0 Å². The highest BCUT2D eigenvalue weighted by Crippen LogP contribution is 2.23. The summed E-state index contributed by atoms with van der Waals surface area (Å²) in [6, 6.07) is 0. The molecule has 0 bridgehead atoms. The number of hydrogen-bond donors (Lipinski definition) is 1. The van der Waals surface area contributed by atoms with Crippen molar-refractivity contribution in [3.05, 3.63) is 23.4 Å². The van der Waals surface area contributed by atoms with Crippen LogP contribution in [0.2, 0.25) is 0 Å². The van der Waals surface area contributed by atoms with Gasteiger partial charge in [-0.25, -0.2) is 0 Å². The summed E-state index contributed by atoms with van der Waals surface area (Å²) in [5.74, 6) is 0. The average Bonchev–Trinajstić information content (AvgIpc) is 2.05. The molecule has 0 saturated carbocycles. The number of allylic oxidation sites excluding steroid dienone is 3. The van der Waals surface area contributed by atoms with Gasteiger partial charge in [0.25, 0.3) is 0 Å². The molecule has 1 fully saturated rings. The van der Waals surface area contributed by atoms with Gasteiger partial charge < -0.3 is 5.32 Å². The third-order valence-electron chi connectivity index (χ3n) is 2.19. The highest BCUT2D eigenvalue weighted by molar-refractivity contribution is 5.33. The van der Waals surface area contributed by atoms with Gasteiger partial charge >= 0.3 is 0 Å². The van der Waals surface area contributed by atoms with Crippen LogP contribution in [0.3, 0.4) is 0 Å². The summed E-state index contributed by atoms with van der Waals surface area (Å²) in [6.45, 7) is 1.17. The highest BCUT2D eigenvalue weighted by Gasteiger charge is 2.11. The van der Waals surface area contributed by atoms with Crippen LogP contribution in [0.4, 0.5) is 0 Å². The normalized spacial score (nSPS) is 21.8. The molecule has 0 radical (unpaired) electrons. The van der Waals surface area contributed by atoms with Crippen molar-refractivity contribution < 1.29 is 0 Å². The number of hydrogen-bond acceptors (Lipinski definition) is 1. The lowest BCUT2D eigenvalue weighted by Gasteiger charge is -2.22. The Bertz CT molecular complexity index is 167. The fraction of sp³-hybridized carbons (Fsp3) is 0.600. The van der Waals surface area contributed by atoms with E-state index in [2.05, 4.69) is 17.5 Å². The van der Waals surface area contributed by atoms with Gasteiger partial charge in [0.1, 0.15) is 0 Å². The predicted octanol–water partition coefficient (Wildman–Crippen LogP) is 2.61. The minimum Gasteiger partial charge on any atom is -0.385 e. The second-order valence-corrected chi connectivity index (χ2v) is 2.95. The van der Waals surface area contributed by atoms with Crippen molar-refractivity contribution in [2.24, 2.45) is 0 Å². The van der Waals surface area contributed by atoms with Gasteiger partial charge in [-0.05, 0) is 31.3 Å². The van der Waals surface area contributed by atoms with E-state index in [1.807, 2.05) is 0 Å². The molecule has 1 aliphatic carbocycles. The van der Waals surface area contributed by atoms with Crippen LogP contribution in [-0.4, -0.2) is 6.54 Å². The summed E-state index contributed by atoms with van der Waals surface area (Å²) in [7, 11) is 0. The van der Waals surface area contributed by atoms with Crippen LogP contribution in [0.1, 0.15) is 33.1 Å². The molecule has 0 amide bonds. The molecule has 0 unspecified atom stereocenters. The van der Waals surface area contributed by atoms with Crippen molar-refractivity contribution in [2.45, 2.75) is 33.1 Å². The molecule has 1 heterocycles. The maximum absolute atomic E-state index is 3.41. The second-order valence-electron chi connectivity index (χ2n) is 2.95. The van der Waals surface area contributed by atoms with Crippen molar-refractivity contribution in [2.75, 3.05) is 6.54 Å². The molecular formula is C10H17N. The highest BCUT2D eigenvalue weighted by atomic mass is 14.9. The van der Waals surface area contributed by atoms with E-state index in [9.17, 15) is 0 Å². The predicted molar refractivity (Wildman–Crippen MR) is 49.4 cm³/mol. The fourth-order valence-electron chi connectivity index (χ4n) is 1.65. The Labute approximate surface area is 69.2 Å². The van der Waals surface area contributed by atoms with Crippen molar-refractivity contribution in [3.8, 4) is 0 Å². The van der Waals surface area contributed by atoms with E-state index < -0.39 is 0 Å². The molecule has 0 spiro atoms. The first-order valence-corrected chi connectivity index (χ1v) is 4.10. The van der Waals surface area contributed by atoms with Gasteiger partial charge in [-0.3, -0.25) is 0 Å². The Morgan fingerprint density at radius 1 is 1.18 bits per heavy atom. The van der Waals surface area contributed by atoms with Crippen molar-refractivity contribution in [1.82, 2.24) is 5.32 Å². The van der Waals surface area contributed by atoms with Gasteiger partial charge in [-0.1, -0.05) is 19.6 Å². The van der Waals surface area contributed by atoms with Crippen molar-refractivity contribution in [1.29, 1.82) is 0 Å². The lowest BCUT2D eigenvalue weighted by atomic mass is 9.96. The molecule has 0 atom stereocenters. The second kappa shape index (κ2) is 3.61. The van der Waals surface area contributed by atoms with E-state index in [0.29, 0.717) is 0 Å². The number of rotatable bonds is 0. The summed E-state index contributed by atoms with van der Waals surface area (Å²) in [5, 5.41) is 3.41. The molecular weight excluding hydrogens is 134 g/mol. The summed E-state index contributed by atoms with van der Waals surface area (Å²) >= 11 is 0. The first-order valence-electron chi connectivity index (χ1n) is 4.10. The number of nitrogens with one attached hydrogen (secondary N) is 1. The van der Waals surface area contributed by atoms with E-state index in [-0.39, 0.29) is 7.43 Å². The molecule has 2 rings (SSSR count). The Morgan fingerprint density at radius 3 is 2.82 bits per heavy atom. The zero-order valence-electron chi connectivity index (χ0n) is 6.19. The van der Waals surface area contributed by atoms with E-state index >= 15 is 0 Å². The summed E-state index contributed by atoms with van der Waals surface area (Å²) in [4.78, 5) is 0. The van der Waals surface area contributed by atoms with Gasteiger partial charge in [-0.2, -0.15) is 0 Å². The van der Waals surface area contributed by atoms with Crippen molar-refractivity contribution in [3.63, 3.8) is 0 Å². The average molecular weight is 151 g/mol. The van der Waals surface area contributed by atoms with E-state index in [1.165, 1.54) is 37.9 Å². The third kappa shape index (κ3) is 1.65. The summed E-state index contributed by atoms with van der Waals surface area (Å²) in [6.07, 6.45) is 9.78. The zero-order valence-corrected chi connectivity index (χ0v) is 6.19. The molecule has 1 saturated heterocycles. The van der Waals surface area contributed by atoms with Crippen LogP contribution in [0.25, 0.3) is 0 Å². The lowest BCUT2D eigenvalue weighted by molar-refractivity contribution is 0.654. The Hall–Kier alpha value is -0.720. The third-order valence-corrected chi connectivity index (χ3v) is 2.19. The van der Waals surface area contributed by atoms with Gasteiger partial charge in [-0.15, -0.1) is 0 Å². The summed E-state index contributed by atoms with van der Waals surface area (Å²) < 4.78 is 0. The van der Waals surface area contributed by atoms with Gasteiger partial charge in [0.05, 0.1) is 0 Å². The molecule has 1 aliphatic heterocycles. The van der Waals surface area contributed by atoms with Crippen LogP contribution in [0.15, 0.2) is 23.4 Å². The summed E-state index contributed by atoms with van der Waals surface area (Å²) in [5.41, 5.74) is 2.97.